The Morgan fingerprint density at radius 2 is 1.69 bits per heavy atom. The van der Waals surface area contributed by atoms with Gasteiger partial charge in [-0.05, 0) is 69.2 Å². The average molecular weight is 515 g/mol. The van der Waals surface area contributed by atoms with Crippen LogP contribution in [0.5, 0.6) is 5.75 Å². The van der Waals surface area contributed by atoms with E-state index in [1.54, 1.807) is 23.1 Å². The SMILES string of the molecule is CCN(CC)C(=O)CN1C(=O)COc2ccc(NC(=O)c3ccc(S(=O)(=O)N4CCCC4)cc3)cc21. The number of nitrogens with zero attached hydrogens (tertiary/aromatic N) is 3. The summed E-state index contributed by atoms with van der Waals surface area (Å²) in [6, 6.07) is 10.7. The smallest absolute Gasteiger partial charge is 0.265 e. The van der Waals surface area contributed by atoms with Crippen molar-refractivity contribution in [1.82, 2.24) is 9.21 Å². The van der Waals surface area contributed by atoms with Crippen LogP contribution in [0.4, 0.5) is 11.4 Å². The summed E-state index contributed by atoms with van der Waals surface area (Å²) in [7, 11) is -3.56. The first kappa shape index (κ1) is 25.6. The van der Waals surface area contributed by atoms with E-state index in [1.165, 1.54) is 33.5 Å². The lowest BCUT2D eigenvalue weighted by molar-refractivity contribution is -0.131. The number of carbonyl (C=O) groups excluding carboxylic acids is 3. The third-order valence-corrected chi connectivity index (χ3v) is 8.30. The highest BCUT2D eigenvalue weighted by molar-refractivity contribution is 7.89. The van der Waals surface area contributed by atoms with Crippen LogP contribution in [0.15, 0.2) is 47.4 Å². The van der Waals surface area contributed by atoms with Gasteiger partial charge in [0.05, 0.1) is 10.6 Å². The van der Waals surface area contributed by atoms with Gasteiger partial charge in [0.2, 0.25) is 15.9 Å². The molecule has 3 amide bonds. The van der Waals surface area contributed by atoms with Gasteiger partial charge in [0.25, 0.3) is 11.8 Å². The third-order valence-electron chi connectivity index (χ3n) is 6.39. The molecule has 0 radical (unpaired) electrons. The van der Waals surface area contributed by atoms with Crippen molar-refractivity contribution in [3.05, 3.63) is 48.0 Å². The zero-order chi connectivity index (χ0) is 25.9. The Kier molecular flexibility index (Phi) is 7.60. The van der Waals surface area contributed by atoms with Gasteiger partial charge in [-0.2, -0.15) is 4.31 Å². The molecule has 0 aromatic heterocycles. The molecule has 2 aliphatic rings. The number of rotatable bonds is 8. The van der Waals surface area contributed by atoms with Gasteiger partial charge >= 0.3 is 0 Å². The number of sulfonamides is 1. The minimum Gasteiger partial charge on any atom is -0.482 e. The van der Waals surface area contributed by atoms with Crippen LogP contribution in [-0.4, -0.2) is 74.7 Å². The van der Waals surface area contributed by atoms with E-state index >= 15 is 0 Å². The van der Waals surface area contributed by atoms with Gasteiger partial charge in [0.15, 0.2) is 6.61 Å². The largest absolute Gasteiger partial charge is 0.482 e. The fourth-order valence-electron chi connectivity index (χ4n) is 4.32. The number of hydrogen-bond donors (Lipinski definition) is 1. The van der Waals surface area contributed by atoms with Crippen molar-refractivity contribution < 1.29 is 27.5 Å². The highest BCUT2D eigenvalue weighted by Gasteiger charge is 2.29. The summed E-state index contributed by atoms with van der Waals surface area (Å²) < 4.78 is 32.4. The second-order valence-corrected chi connectivity index (χ2v) is 10.5. The second-order valence-electron chi connectivity index (χ2n) is 8.61. The Bertz CT molecular complexity index is 1250. The highest BCUT2D eigenvalue weighted by Crippen LogP contribution is 2.35. The lowest BCUT2D eigenvalue weighted by atomic mass is 10.1. The number of likely N-dealkylation sites (N-methyl/N-ethyl adjacent to an activating group) is 1. The van der Waals surface area contributed by atoms with Crippen LogP contribution in [0.25, 0.3) is 0 Å². The summed E-state index contributed by atoms with van der Waals surface area (Å²) in [4.78, 5) is 41.2. The second kappa shape index (κ2) is 10.7. The van der Waals surface area contributed by atoms with Crippen molar-refractivity contribution >= 4 is 39.1 Å². The van der Waals surface area contributed by atoms with Gasteiger partial charge < -0.3 is 15.0 Å². The van der Waals surface area contributed by atoms with Crippen molar-refractivity contribution in [2.45, 2.75) is 31.6 Å². The van der Waals surface area contributed by atoms with Crippen molar-refractivity contribution in [3.8, 4) is 5.75 Å². The van der Waals surface area contributed by atoms with Crippen LogP contribution in [0.3, 0.4) is 0 Å². The van der Waals surface area contributed by atoms with Crippen LogP contribution >= 0.6 is 0 Å². The summed E-state index contributed by atoms with van der Waals surface area (Å²) in [5.74, 6) is -0.522. The number of ether oxygens (including phenoxy) is 1. The fourth-order valence-corrected chi connectivity index (χ4v) is 5.84. The summed E-state index contributed by atoms with van der Waals surface area (Å²) in [5.41, 5.74) is 1.09. The van der Waals surface area contributed by atoms with Gasteiger partial charge in [-0.1, -0.05) is 0 Å². The molecule has 10 nitrogen and oxygen atoms in total. The highest BCUT2D eigenvalue weighted by atomic mass is 32.2. The average Bonchev–Trinajstić information content (AvgIpc) is 3.43. The van der Waals surface area contributed by atoms with Crippen LogP contribution in [0, 0.1) is 0 Å². The standard InChI is InChI=1S/C25H30N4O6S/c1-3-27(4-2)23(30)16-29-21-15-19(9-12-22(21)35-17-24(29)31)26-25(32)18-7-10-20(11-8-18)36(33,34)28-13-5-6-14-28/h7-12,15H,3-6,13-14,16-17H2,1-2H3,(H,26,32). The van der Waals surface area contributed by atoms with Gasteiger partial charge in [-0.15, -0.1) is 0 Å². The fraction of sp³-hybridized carbons (Fsp3) is 0.400. The molecule has 1 fully saturated rings. The molecule has 1 N–H and O–H groups in total. The van der Waals surface area contributed by atoms with E-state index in [0.29, 0.717) is 43.3 Å². The minimum absolute atomic E-state index is 0.124. The van der Waals surface area contributed by atoms with E-state index < -0.39 is 15.9 Å². The predicted octanol–water partition coefficient (Wildman–Crippen LogP) is 2.32. The number of nitrogens with one attached hydrogen (secondary N) is 1. The topological polar surface area (TPSA) is 116 Å². The molecule has 2 aromatic carbocycles. The Hall–Kier alpha value is -3.44. The van der Waals surface area contributed by atoms with E-state index in [-0.39, 0.29) is 35.4 Å². The Balaban J connectivity index is 1.50. The summed E-state index contributed by atoms with van der Waals surface area (Å²) in [5, 5.41) is 2.77. The van der Waals surface area contributed by atoms with E-state index in [1.807, 2.05) is 13.8 Å². The monoisotopic (exact) mass is 514 g/mol. The van der Waals surface area contributed by atoms with E-state index in [2.05, 4.69) is 5.32 Å². The predicted molar refractivity (Wildman–Crippen MR) is 135 cm³/mol. The Morgan fingerprint density at radius 3 is 2.33 bits per heavy atom. The quantitative estimate of drug-likeness (QED) is 0.578. The first-order valence-electron chi connectivity index (χ1n) is 12.0. The molecule has 4 rings (SSSR count). The van der Waals surface area contributed by atoms with Crippen molar-refractivity contribution in [1.29, 1.82) is 0 Å². The molecule has 0 atom stereocenters. The molecule has 0 spiro atoms. The summed E-state index contributed by atoms with van der Waals surface area (Å²) >= 11 is 0. The van der Waals surface area contributed by atoms with Gasteiger partial charge in [-0.3, -0.25) is 19.3 Å². The zero-order valence-electron chi connectivity index (χ0n) is 20.4. The lowest BCUT2D eigenvalue weighted by Crippen LogP contribution is -2.46. The van der Waals surface area contributed by atoms with Gasteiger partial charge in [0, 0.05) is 37.4 Å². The van der Waals surface area contributed by atoms with Crippen LogP contribution < -0.4 is 15.0 Å². The number of fused-ring (bicyclic) bond motifs is 1. The molecule has 11 heteroatoms. The molecule has 0 saturated carbocycles. The number of benzene rings is 2. The Morgan fingerprint density at radius 1 is 1.03 bits per heavy atom. The molecule has 0 unspecified atom stereocenters. The van der Waals surface area contributed by atoms with Crippen molar-refractivity contribution in [2.24, 2.45) is 0 Å². The molecular weight excluding hydrogens is 484 g/mol. The first-order chi connectivity index (χ1) is 17.2. The molecule has 0 aliphatic carbocycles. The van der Waals surface area contributed by atoms with Crippen molar-refractivity contribution in [3.63, 3.8) is 0 Å². The normalized spacial score (nSPS) is 15.8. The number of amides is 3. The Labute approximate surface area is 210 Å². The van der Waals surface area contributed by atoms with Gasteiger partial charge in [-0.25, -0.2) is 8.42 Å². The van der Waals surface area contributed by atoms with E-state index in [0.717, 1.165) is 12.8 Å². The molecule has 0 bridgehead atoms. The number of anilines is 2. The number of hydrogen-bond acceptors (Lipinski definition) is 6. The molecule has 36 heavy (non-hydrogen) atoms. The summed E-state index contributed by atoms with van der Waals surface area (Å²) in [6.45, 7) is 5.54. The molecule has 2 heterocycles. The molecule has 2 aliphatic heterocycles. The van der Waals surface area contributed by atoms with Gasteiger partial charge in [0.1, 0.15) is 12.3 Å². The number of carbonyl (C=O) groups is 3. The van der Waals surface area contributed by atoms with E-state index in [9.17, 15) is 22.8 Å². The maximum absolute atomic E-state index is 12.8. The summed E-state index contributed by atoms with van der Waals surface area (Å²) in [6.07, 6.45) is 1.69. The first-order valence-corrected chi connectivity index (χ1v) is 13.4. The molecule has 192 valence electrons. The van der Waals surface area contributed by atoms with Crippen molar-refractivity contribution in [2.75, 3.05) is 49.5 Å². The van der Waals surface area contributed by atoms with Crippen LogP contribution in [0.1, 0.15) is 37.0 Å². The molecule has 2 aromatic rings. The zero-order valence-corrected chi connectivity index (χ0v) is 21.2. The molecule has 1 saturated heterocycles. The van der Waals surface area contributed by atoms with Crippen LogP contribution in [0.2, 0.25) is 0 Å². The lowest BCUT2D eigenvalue weighted by Gasteiger charge is -2.31. The molecular formula is C25H30N4O6S. The maximum Gasteiger partial charge on any atom is 0.265 e. The van der Waals surface area contributed by atoms with E-state index in [4.69, 9.17) is 4.74 Å². The minimum atomic E-state index is -3.56. The maximum atomic E-state index is 12.8. The van der Waals surface area contributed by atoms with Crippen LogP contribution in [-0.2, 0) is 19.6 Å². The third kappa shape index (κ3) is 5.21.